The molecule has 10 nitrogen and oxygen atoms in total. The molecular weight excluding hydrogens is 422 g/mol. The number of nitrogens with one attached hydrogen (secondary N) is 1. The lowest BCUT2D eigenvalue weighted by Crippen LogP contribution is -2.67. The fraction of sp³-hybridized carbons (Fsp3) is 0.545. The predicted molar refractivity (Wildman–Crippen MR) is 111 cm³/mol. The first kappa shape index (κ1) is 25.1. The number of aryl methyl sites for hydroxylation is 2. The van der Waals surface area contributed by atoms with Crippen molar-refractivity contribution in [2.75, 3.05) is 6.61 Å². The molecule has 1 fully saturated rings. The van der Waals surface area contributed by atoms with E-state index >= 15 is 0 Å². The molecule has 0 spiro atoms. The van der Waals surface area contributed by atoms with Crippen LogP contribution in [-0.2, 0) is 38.1 Å². The first-order valence-electron chi connectivity index (χ1n) is 10.1. The summed E-state index contributed by atoms with van der Waals surface area (Å²) < 4.78 is 28.0. The molecule has 176 valence electrons. The number of carbonyl (C=O) groups is 4. The number of hydrogen-bond acceptors (Lipinski definition) is 9. The maximum atomic E-state index is 12.0. The highest BCUT2D eigenvalue weighted by molar-refractivity contribution is 5.73. The molecule has 1 saturated heterocycles. The van der Waals surface area contributed by atoms with Crippen molar-refractivity contribution >= 4 is 23.8 Å². The lowest BCUT2D eigenvalue weighted by atomic mass is 9.96. The highest BCUT2D eigenvalue weighted by Gasteiger charge is 2.52. The molecule has 2 rings (SSSR count). The molecule has 1 N–H and O–H groups in total. The Labute approximate surface area is 186 Å². The number of benzene rings is 1. The maximum Gasteiger partial charge on any atom is 0.303 e. The Bertz CT molecular complexity index is 849. The van der Waals surface area contributed by atoms with Crippen molar-refractivity contribution in [3.05, 3.63) is 29.3 Å². The molecule has 1 heterocycles. The third kappa shape index (κ3) is 6.68. The van der Waals surface area contributed by atoms with E-state index in [1.54, 1.807) is 0 Å². The van der Waals surface area contributed by atoms with Crippen LogP contribution in [0.2, 0.25) is 0 Å². The van der Waals surface area contributed by atoms with Crippen molar-refractivity contribution in [1.29, 1.82) is 0 Å². The van der Waals surface area contributed by atoms with E-state index in [4.69, 9.17) is 23.7 Å². The van der Waals surface area contributed by atoms with E-state index in [2.05, 4.69) is 5.32 Å². The molecule has 5 atom stereocenters. The van der Waals surface area contributed by atoms with Crippen LogP contribution < -0.4 is 10.1 Å². The zero-order valence-corrected chi connectivity index (χ0v) is 19.0. The molecule has 1 aromatic rings. The lowest BCUT2D eigenvalue weighted by Gasteiger charge is -2.45. The van der Waals surface area contributed by atoms with Crippen LogP contribution in [-0.4, -0.2) is 61.1 Å². The van der Waals surface area contributed by atoms with Crippen LogP contribution in [0.1, 0.15) is 38.8 Å². The zero-order valence-electron chi connectivity index (χ0n) is 19.0. The van der Waals surface area contributed by atoms with E-state index in [0.29, 0.717) is 5.75 Å². The van der Waals surface area contributed by atoms with Crippen molar-refractivity contribution in [3.63, 3.8) is 0 Å². The van der Waals surface area contributed by atoms with Crippen LogP contribution >= 0.6 is 0 Å². The smallest absolute Gasteiger partial charge is 0.303 e. The normalized spacial score (nSPS) is 24.8. The van der Waals surface area contributed by atoms with Crippen LogP contribution in [0.4, 0.5) is 0 Å². The standard InChI is InChI=1S/C22H29NO9/c1-11-8-7-9-12(2)19(11)32-22-18(23-13(3)24)21(30-16(6)27)20(29-15(5)26)17(31-22)10-28-14(4)25/h7-9,17-18,20-22H,10H2,1-6H3,(H,23,24)/t17-,18+,20-,21+,22+/m1/s1. The molecule has 0 aromatic heterocycles. The number of hydrogen-bond donors (Lipinski definition) is 1. The summed E-state index contributed by atoms with van der Waals surface area (Å²) in [5.41, 5.74) is 1.63. The van der Waals surface area contributed by atoms with E-state index in [0.717, 1.165) is 11.1 Å². The summed E-state index contributed by atoms with van der Waals surface area (Å²) in [6.07, 6.45) is -4.49. The molecule has 0 bridgehead atoms. The Morgan fingerprint density at radius 1 is 0.906 bits per heavy atom. The fourth-order valence-electron chi connectivity index (χ4n) is 3.49. The molecule has 1 aliphatic heterocycles. The van der Waals surface area contributed by atoms with E-state index in [-0.39, 0.29) is 6.61 Å². The number of rotatable bonds is 7. The summed E-state index contributed by atoms with van der Waals surface area (Å²) >= 11 is 0. The summed E-state index contributed by atoms with van der Waals surface area (Å²) in [5, 5.41) is 2.67. The van der Waals surface area contributed by atoms with Gasteiger partial charge in [-0.25, -0.2) is 0 Å². The Morgan fingerprint density at radius 3 is 1.97 bits per heavy atom. The highest BCUT2D eigenvalue weighted by Crippen LogP contribution is 2.31. The summed E-state index contributed by atoms with van der Waals surface area (Å²) in [6.45, 7) is 8.28. The summed E-state index contributed by atoms with van der Waals surface area (Å²) in [4.78, 5) is 47.0. The van der Waals surface area contributed by atoms with Gasteiger partial charge in [-0.1, -0.05) is 18.2 Å². The quantitative estimate of drug-likeness (QED) is 0.483. The Morgan fingerprint density at radius 2 is 1.47 bits per heavy atom. The van der Waals surface area contributed by atoms with Gasteiger partial charge in [0.25, 0.3) is 0 Å². The molecule has 1 aromatic carbocycles. The molecular formula is C22H29NO9. The monoisotopic (exact) mass is 451 g/mol. The first-order valence-corrected chi connectivity index (χ1v) is 10.1. The highest BCUT2D eigenvalue weighted by atomic mass is 16.7. The van der Waals surface area contributed by atoms with Crippen LogP contribution in [0.5, 0.6) is 5.75 Å². The Balaban J connectivity index is 2.50. The molecule has 10 heteroatoms. The largest absolute Gasteiger partial charge is 0.463 e. The molecule has 1 amide bonds. The van der Waals surface area contributed by atoms with Crippen LogP contribution in [0.15, 0.2) is 18.2 Å². The molecule has 0 unspecified atom stereocenters. The molecule has 1 aliphatic rings. The van der Waals surface area contributed by atoms with Gasteiger partial charge in [-0.2, -0.15) is 0 Å². The SMILES string of the molecule is CC(=O)N[C@@H]1[C@H](Oc2c(C)cccc2C)O[C@H](COC(C)=O)[C@@H](OC(C)=O)[C@H]1OC(C)=O. The topological polar surface area (TPSA) is 126 Å². The second-order valence-electron chi connectivity index (χ2n) is 7.56. The minimum atomic E-state index is -1.16. The van der Waals surface area contributed by atoms with Crippen molar-refractivity contribution in [2.24, 2.45) is 0 Å². The van der Waals surface area contributed by atoms with Gasteiger partial charge in [-0.05, 0) is 25.0 Å². The van der Waals surface area contributed by atoms with Crippen LogP contribution in [0, 0.1) is 13.8 Å². The molecule has 0 saturated carbocycles. The van der Waals surface area contributed by atoms with Crippen molar-refractivity contribution in [2.45, 2.75) is 72.2 Å². The van der Waals surface area contributed by atoms with E-state index < -0.39 is 54.5 Å². The second-order valence-corrected chi connectivity index (χ2v) is 7.56. The van der Waals surface area contributed by atoms with Gasteiger partial charge in [-0.3, -0.25) is 19.2 Å². The van der Waals surface area contributed by atoms with E-state index in [1.807, 2.05) is 32.0 Å². The number of carbonyl (C=O) groups excluding carboxylic acids is 4. The predicted octanol–water partition coefficient (Wildman–Crippen LogP) is 1.34. The summed E-state index contributed by atoms with van der Waals surface area (Å²) in [5.74, 6) is -1.83. The lowest BCUT2D eigenvalue weighted by molar-refractivity contribution is -0.257. The third-order valence-electron chi connectivity index (χ3n) is 4.71. The van der Waals surface area contributed by atoms with Crippen molar-refractivity contribution in [1.82, 2.24) is 5.32 Å². The fourth-order valence-corrected chi connectivity index (χ4v) is 3.49. The molecule has 32 heavy (non-hydrogen) atoms. The van der Waals surface area contributed by atoms with Gasteiger partial charge in [0, 0.05) is 27.7 Å². The van der Waals surface area contributed by atoms with Gasteiger partial charge in [0.05, 0.1) is 0 Å². The maximum absolute atomic E-state index is 12.0. The van der Waals surface area contributed by atoms with Crippen LogP contribution in [0.3, 0.4) is 0 Å². The van der Waals surface area contributed by atoms with Crippen molar-refractivity contribution in [3.8, 4) is 5.75 Å². The Hall–Kier alpha value is -3.14. The first-order chi connectivity index (χ1) is 15.0. The average molecular weight is 451 g/mol. The summed E-state index contributed by atoms with van der Waals surface area (Å²) in [6, 6.07) is 4.54. The average Bonchev–Trinajstić information content (AvgIpc) is 2.66. The van der Waals surface area contributed by atoms with Gasteiger partial charge in [0.15, 0.2) is 12.2 Å². The van der Waals surface area contributed by atoms with E-state index in [1.165, 1.54) is 27.7 Å². The van der Waals surface area contributed by atoms with Crippen molar-refractivity contribution < 1.29 is 42.9 Å². The Kier molecular flexibility index (Phi) is 8.59. The zero-order chi connectivity index (χ0) is 24.0. The van der Waals surface area contributed by atoms with Gasteiger partial charge in [0.2, 0.25) is 12.2 Å². The van der Waals surface area contributed by atoms with E-state index in [9.17, 15) is 19.2 Å². The summed E-state index contributed by atoms with van der Waals surface area (Å²) in [7, 11) is 0. The third-order valence-corrected chi connectivity index (χ3v) is 4.71. The number of para-hydroxylation sites is 1. The minimum Gasteiger partial charge on any atom is -0.463 e. The molecule has 0 aliphatic carbocycles. The van der Waals surface area contributed by atoms with Crippen LogP contribution in [0.25, 0.3) is 0 Å². The number of amides is 1. The second kappa shape index (κ2) is 10.9. The van der Waals surface area contributed by atoms with Gasteiger partial charge >= 0.3 is 17.9 Å². The van der Waals surface area contributed by atoms with Gasteiger partial charge < -0.3 is 29.0 Å². The molecule has 0 radical (unpaired) electrons. The van der Waals surface area contributed by atoms with Gasteiger partial charge in [-0.15, -0.1) is 0 Å². The van der Waals surface area contributed by atoms with Gasteiger partial charge in [0.1, 0.15) is 24.5 Å². The number of ether oxygens (including phenoxy) is 5. The minimum absolute atomic E-state index is 0.287. The number of esters is 3.